The molecule has 0 aromatic heterocycles. The van der Waals surface area contributed by atoms with Gasteiger partial charge in [0.15, 0.2) is 15.1 Å². The largest absolute Gasteiger partial charge is 0.460 e. The maximum Gasteiger partial charge on any atom is 0.324 e. The number of carbonyl (C=O) groups is 1. The van der Waals surface area contributed by atoms with Gasteiger partial charge in [0.05, 0.1) is 0 Å². The summed E-state index contributed by atoms with van der Waals surface area (Å²) in [4.78, 5) is 11.6. The first-order valence-electron chi connectivity index (χ1n) is 5.33. The van der Waals surface area contributed by atoms with E-state index in [4.69, 9.17) is 11.2 Å². The summed E-state index contributed by atoms with van der Waals surface area (Å²) < 4.78 is 28.0. The molecular weight excluding hydrogens is 252 g/mol. The van der Waals surface area contributed by atoms with Crippen molar-refractivity contribution in [1.29, 1.82) is 0 Å². The monoisotopic (exact) mass is 266 g/mol. The van der Waals surface area contributed by atoms with E-state index in [-0.39, 0.29) is 6.61 Å². The molecule has 0 aliphatic rings. The van der Waals surface area contributed by atoms with E-state index in [1.165, 1.54) is 6.92 Å². The highest BCUT2D eigenvalue weighted by molar-refractivity contribution is 7.92. The van der Waals surface area contributed by atoms with Gasteiger partial charge in [-0.05, 0) is 12.5 Å². The smallest absolute Gasteiger partial charge is 0.324 e. The van der Waals surface area contributed by atoms with Crippen molar-refractivity contribution in [1.82, 2.24) is 0 Å². The van der Waals surface area contributed by atoms with Gasteiger partial charge in [0.25, 0.3) is 0 Å². The molecule has 0 radical (unpaired) electrons. The van der Waals surface area contributed by atoms with Crippen molar-refractivity contribution in [3.05, 3.63) is 35.9 Å². The number of sulfone groups is 1. The minimum atomic E-state index is -3.62. The summed E-state index contributed by atoms with van der Waals surface area (Å²) >= 11 is 0. The molecular formula is C13H14O4S. The Morgan fingerprint density at radius 2 is 2.00 bits per heavy atom. The molecule has 0 saturated carbocycles. The molecule has 18 heavy (non-hydrogen) atoms. The third-order valence-electron chi connectivity index (χ3n) is 2.38. The Morgan fingerprint density at radius 3 is 2.56 bits per heavy atom. The summed E-state index contributed by atoms with van der Waals surface area (Å²) in [5, 5.41) is -1.24. The number of carbonyl (C=O) groups excluding carboxylic acids is 1. The van der Waals surface area contributed by atoms with E-state index < -0.39 is 26.8 Å². The number of hydrogen-bond acceptors (Lipinski definition) is 4. The lowest BCUT2D eigenvalue weighted by molar-refractivity contribution is -0.144. The third kappa shape index (κ3) is 3.90. The lowest BCUT2D eigenvalue weighted by Gasteiger charge is -2.10. The fourth-order valence-corrected chi connectivity index (χ4v) is 2.08. The van der Waals surface area contributed by atoms with E-state index in [9.17, 15) is 13.2 Å². The summed E-state index contributed by atoms with van der Waals surface area (Å²) in [6.45, 7) is 1.33. The molecule has 1 aromatic carbocycles. The van der Waals surface area contributed by atoms with Crippen molar-refractivity contribution in [2.75, 3.05) is 5.75 Å². The molecule has 0 bridgehead atoms. The summed E-state index contributed by atoms with van der Waals surface area (Å²) in [5.74, 6) is 0.775. The number of hydrogen-bond donors (Lipinski definition) is 0. The van der Waals surface area contributed by atoms with Crippen LogP contribution in [0.1, 0.15) is 12.5 Å². The second-order valence-electron chi connectivity index (χ2n) is 3.75. The standard InChI is InChI=1S/C13H14O4S/c1-3-9-18(15,16)11(2)13(14)17-10-12-7-5-4-6-8-12/h1,4-8,11H,9-10H2,2H3. The van der Waals surface area contributed by atoms with E-state index in [2.05, 4.69) is 0 Å². The number of ether oxygens (including phenoxy) is 1. The molecule has 5 heteroatoms. The lowest BCUT2D eigenvalue weighted by atomic mass is 10.2. The third-order valence-corrected chi connectivity index (χ3v) is 4.22. The zero-order valence-electron chi connectivity index (χ0n) is 10.00. The molecule has 0 fully saturated rings. The van der Waals surface area contributed by atoms with Gasteiger partial charge in [0, 0.05) is 0 Å². The van der Waals surface area contributed by atoms with Crippen LogP contribution in [-0.4, -0.2) is 25.4 Å². The fourth-order valence-electron chi connectivity index (χ4n) is 1.23. The van der Waals surface area contributed by atoms with E-state index in [1.807, 2.05) is 24.1 Å². The van der Waals surface area contributed by atoms with Crippen LogP contribution in [0.25, 0.3) is 0 Å². The van der Waals surface area contributed by atoms with Gasteiger partial charge in [-0.25, -0.2) is 8.42 Å². The summed E-state index contributed by atoms with van der Waals surface area (Å²) in [5.41, 5.74) is 0.799. The normalized spacial score (nSPS) is 12.4. The maximum atomic E-state index is 11.6. The van der Waals surface area contributed by atoms with Gasteiger partial charge in [0.1, 0.15) is 12.4 Å². The van der Waals surface area contributed by atoms with Gasteiger partial charge in [-0.15, -0.1) is 6.42 Å². The van der Waals surface area contributed by atoms with Crippen LogP contribution in [0.4, 0.5) is 0 Å². The highest BCUT2D eigenvalue weighted by Gasteiger charge is 2.28. The van der Waals surface area contributed by atoms with Crippen LogP contribution in [0.3, 0.4) is 0 Å². The molecule has 1 aromatic rings. The van der Waals surface area contributed by atoms with Crippen LogP contribution in [0, 0.1) is 12.3 Å². The van der Waals surface area contributed by atoms with Crippen molar-refractivity contribution in [3.8, 4) is 12.3 Å². The zero-order valence-corrected chi connectivity index (χ0v) is 10.8. The minimum absolute atomic E-state index is 0.0512. The molecule has 0 aliphatic carbocycles. The highest BCUT2D eigenvalue weighted by Crippen LogP contribution is 2.07. The van der Waals surface area contributed by atoms with E-state index in [0.717, 1.165) is 5.56 Å². The second kappa shape index (κ2) is 6.22. The fraction of sp³-hybridized carbons (Fsp3) is 0.308. The van der Waals surface area contributed by atoms with Crippen LogP contribution in [0.5, 0.6) is 0 Å². The van der Waals surface area contributed by atoms with Crippen LogP contribution < -0.4 is 0 Å². The first kappa shape index (κ1) is 14.3. The van der Waals surface area contributed by atoms with Crippen LogP contribution in [0.15, 0.2) is 30.3 Å². The molecule has 96 valence electrons. The van der Waals surface area contributed by atoms with Gasteiger partial charge < -0.3 is 4.74 Å². The summed E-state index contributed by atoms with van der Waals surface area (Å²) in [6.07, 6.45) is 4.94. The summed E-state index contributed by atoms with van der Waals surface area (Å²) in [6, 6.07) is 9.02. The molecule has 0 spiro atoms. The number of esters is 1. The molecule has 0 heterocycles. The Morgan fingerprint density at radius 1 is 1.39 bits per heavy atom. The van der Waals surface area contributed by atoms with Crippen LogP contribution in [0.2, 0.25) is 0 Å². The Labute approximate surface area is 107 Å². The van der Waals surface area contributed by atoms with E-state index in [1.54, 1.807) is 12.1 Å². The Balaban J connectivity index is 2.59. The van der Waals surface area contributed by atoms with Gasteiger partial charge in [0.2, 0.25) is 0 Å². The summed E-state index contributed by atoms with van der Waals surface area (Å²) in [7, 11) is -3.62. The Kier molecular flexibility index (Phi) is 4.93. The zero-order chi connectivity index (χ0) is 13.6. The van der Waals surface area contributed by atoms with Gasteiger partial charge >= 0.3 is 5.97 Å². The van der Waals surface area contributed by atoms with Crippen molar-refractivity contribution >= 4 is 15.8 Å². The Hall–Kier alpha value is -1.80. The average Bonchev–Trinajstić information content (AvgIpc) is 2.36. The molecule has 0 amide bonds. The van der Waals surface area contributed by atoms with Crippen molar-refractivity contribution in [2.24, 2.45) is 0 Å². The number of rotatable bonds is 5. The van der Waals surface area contributed by atoms with E-state index in [0.29, 0.717) is 0 Å². The molecule has 0 saturated heterocycles. The predicted molar refractivity (Wildman–Crippen MR) is 68.3 cm³/mol. The van der Waals surface area contributed by atoms with Gasteiger partial charge in [-0.1, -0.05) is 36.3 Å². The van der Waals surface area contributed by atoms with Gasteiger partial charge in [-0.2, -0.15) is 0 Å². The number of benzene rings is 1. The molecule has 1 atom stereocenters. The minimum Gasteiger partial charge on any atom is -0.460 e. The van der Waals surface area contributed by atoms with Crippen LogP contribution in [-0.2, 0) is 26.0 Å². The molecule has 0 aliphatic heterocycles. The van der Waals surface area contributed by atoms with Gasteiger partial charge in [-0.3, -0.25) is 4.79 Å². The Bertz CT molecular complexity index is 540. The molecule has 4 nitrogen and oxygen atoms in total. The SMILES string of the molecule is C#CCS(=O)(=O)C(C)C(=O)OCc1ccccc1. The predicted octanol–water partition coefficient (Wildman–Crippen LogP) is 1.17. The van der Waals surface area contributed by atoms with Crippen LogP contribution >= 0.6 is 0 Å². The quantitative estimate of drug-likeness (QED) is 0.593. The first-order valence-corrected chi connectivity index (χ1v) is 7.04. The first-order chi connectivity index (χ1) is 8.47. The molecule has 1 unspecified atom stereocenters. The maximum absolute atomic E-state index is 11.6. The lowest BCUT2D eigenvalue weighted by Crippen LogP contribution is -2.30. The molecule has 1 rings (SSSR count). The van der Waals surface area contributed by atoms with Crippen molar-refractivity contribution in [2.45, 2.75) is 18.8 Å². The molecule has 0 N–H and O–H groups in total. The highest BCUT2D eigenvalue weighted by atomic mass is 32.2. The second-order valence-corrected chi connectivity index (χ2v) is 6.07. The van der Waals surface area contributed by atoms with Crippen molar-refractivity contribution in [3.63, 3.8) is 0 Å². The van der Waals surface area contributed by atoms with Crippen molar-refractivity contribution < 1.29 is 17.9 Å². The number of terminal acetylenes is 1. The average molecular weight is 266 g/mol. The van der Waals surface area contributed by atoms with E-state index >= 15 is 0 Å². The topological polar surface area (TPSA) is 60.4 Å².